The van der Waals surface area contributed by atoms with E-state index in [1.807, 2.05) is 0 Å². The number of hydrogen-bond acceptors (Lipinski definition) is 5. The first-order chi connectivity index (χ1) is 14.8. The lowest BCUT2D eigenvalue weighted by Gasteiger charge is -2.21. The maximum absolute atomic E-state index is 14.0. The van der Waals surface area contributed by atoms with E-state index in [1.165, 1.54) is 18.2 Å². The van der Waals surface area contributed by atoms with E-state index in [9.17, 15) is 22.0 Å². The second kappa shape index (κ2) is 9.75. The molecule has 0 amide bonds. The highest BCUT2D eigenvalue weighted by Crippen LogP contribution is 2.28. The highest BCUT2D eigenvalue weighted by atomic mass is 19.4. The van der Waals surface area contributed by atoms with Crippen molar-refractivity contribution in [2.24, 2.45) is 4.99 Å². The summed E-state index contributed by atoms with van der Waals surface area (Å²) in [5.41, 5.74) is -1.06. The molecule has 168 valence electrons. The van der Waals surface area contributed by atoms with Crippen LogP contribution in [0.1, 0.15) is 12.1 Å². The maximum Gasteiger partial charge on any atom is 0.433 e. The zero-order valence-electron chi connectivity index (χ0n) is 16.7. The summed E-state index contributed by atoms with van der Waals surface area (Å²) < 4.78 is 66.0. The normalized spacial score (nSPS) is 17.0. The van der Waals surface area contributed by atoms with Gasteiger partial charge >= 0.3 is 6.18 Å². The number of para-hydroxylation sites is 1. The summed E-state index contributed by atoms with van der Waals surface area (Å²) in [7, 11) is 1.57. The second-order valence-electron chi connectivity index (χ2n) is 6.84. The molecule has 31 heavy (non-hydrogen) atoms. The van der Waals surface area contributed by atoms with E-state index in [2.05, 4.69) is 30.9 Å². The van der Waals surface area contributed by atoms with Gasteiger partial charge < -0.3 is 20.9 Å². The van der Waals surface area contributed by atoms with Gasteiger partial charge in [0.05, 0.1) is 0 Å². The van der Waals surface area contributed by atoms with Gasteiger partial charge in [-0.3, -0.25) is 4.99 Å². The molecule has 3 rings (SSSR count). The largest absolute Gasteiger partial charge is 0.433 e. The van der Waals surface area contributed by atoms with Gasteiger partial charge in [0.2, 0.25) is 5.95 Å². The van der Waals surface area contributed by atoms with E-state index in [0.717, 1.165) is 12.3 Å². The van der Waals surface area contributed by atoms with Crippen LogP contribution in [-0.2, 0) is 6.18 Å². The van der Waals surface area contributed by atoms with Gasteiger partial charge in [-0.25, -0.2) is 18.7 Å². The van der Waals surface area contributed by atoms with Gasteiger partial charge in [0, 0.05) is 45.5 Å². The monoisotopic (exact) mass is 443 g/mol. The van der Waals surface area contributed by atoms with Crippen LogP contribution in [0.4, 0.5) is 33.6 Å². The summed E-state index contributed by atoms with van der Waals surface area (Å²) in [4.78, 5) is 12.9. The summed E-state index contributed by atoms with van der Waals surface area (Å²) in [5, 5.41) is 8.91. The van der Waals surface area contributed by atoms with Crippen LogP contribution in [0.15, 0.2) is 35.5 Å². The summed E-state index contributed by atoms with van der Waals surface area (Å²) in [6.07, 6.45) is -2.84. The first kappa shape index (κ1) is 22.5. The molecule has 1 aromatic carbocycles. The van der Waals surface area contributed by atoms with Crippen molar-refractivity contribution in [2.75, 3.05) is 43.4 Å². The average molecular weight is 443 g/mol. The Labute approximate surface area is 175 Å². The minimum Gasteiger partial charge on any atom is -0.365 e. The van der Waals surface area contributed by atoms with E-state index in [0.29, 0.717) is 32.0 Å². The molecule has 7 nitrogen and oxygen atoms in total. The number of hydrogen-bond donors (Lipinski definition) is 3. The summed E-state index contributed by atoms with van der Waals surface area (Å²) in [5.74, 6) is -0.873. The van der Waals surface area contributed by atoms with Gasteiger partial charge in [-0.05, 0) is 24.6 Å². The first-order valence-corrected chi connectivity index (χ1v) is 9.58. The van der Waals surface area contributed by atoms with E-state index in [-0.39, 0.29) is 24.2 Å². The number of anilines is 2. The van der Waals surface area contributed by atoms with Gasteiger partial charge in [-0.1, -0.05) is 6.07 Å². The van der Waals surface area contributed by atoms with Gasteiger partial charge in [-0.2, -0.15) is 13.2 Å². The Morgan fingerprint density at radius 1 is 1.19 bits per heavy atom. The topological polar surface area (TPSA) is 77.5 Å². The van der Waals surface area contributed by atoms with Crippen molar-refractivity contribution in [1.82, 2.24) is 20.6 Å². The van der Waals surface area contributed by atoms with Crippen molar-refractivity contribution in [1.29, 1.82) is 0 Å². The predicted octanol–water partition coefficient (Wildman–Crippen LogP) is 2.63. The Balaban J connectivity index is 1.45. The fraction of sp³-hybridized carbons (Fsp3) is 0.421. The van der Waals surface area contributed by atoms with E-state index in [4.69, 9.17) is 0 Å². The van der Waals surface area contributed by atoms with Crippen molar-refractivity contribution < 1.29 is 22.0 Å². The number of benzene rings is 1. The molecular weight excluding hydrogens is 421 g/mol. The number of aliphatic imine (C=N–C) groups is 1. The molecule has 1 atom stereocenters. The molecule has 0 radical (unpaired) electrons. The Hall–Kier alpha value is -3.18. The van der Waals surface area contributed by atoms with Crippen molar-refractivity contribution in [2.45, 2.75) is 18.6 Å². The van der Waals surface area contributed by atoms with Crippen LogP contribution in [0.25, 0.3) is 0 Å². The molecule has 1 unspecified atom stereocenters. The molecule has 12 heteroatoms. The maximum atomic E-state index is 14.0. The molecule has 2 heterocycles. The zero-order chi connectivity index (χ0) is 22.4. The van der Waals surface area contributed by atoms with Crippen LogP contribution in [0.3, 0.4) is 0 Å². The molecule has 2 aromatic rings. The molecule has 0 saturated carbocycles. The minimum atomic E-state index is -4.54. The Morgan fingerprint density at radius 2 is 1.94 bits per heavy atom. The molecule has 0 spiro atoms. The Bertz CT molecular complexity index is 899. The molecule has 1 aliphatic rings. The summed E-state index contributed by atoms with van der Waals surface area (Å²) in [6, 6.07) is 4.49. The van der Waals surface area contributed by atoms with Gasteiger partial charge in [0.25, 0.3) is 0 Å². The Kier molecular flexibility index (Phi) is 7.08. The number of rotatable bonds is 6. The van der Waals surface area contributed by atoms with Crippen LogP contribution in [-0.4, -0.2) is 55.2 Å². The molecule has 3 N–H and O–H groups in total. The quantitative estimate of drug-likeness (QED) is 0.276. The number of guanidine groups is 1. The third kappa shape index (κ3) is 5.92. The number of nitrogens with zero attached hydrogens (tertiary/aromatic N) is 4. The van der Waals surface area contributed by atoms with Crippen LogP contribution in [0.5, 0.6) is 0 Å². The fourth-order valence-electron chi connectivity index (χ4n) is 3.22. The third-order valence-corrected chi connectivity index (χ3v) is 4.65. The molecule has 0 aliphatic carbocycles. The van der Waals surface area contributed by atoms with Crippen LogP contribution in [0.2, 0.25) is 0 Å². The number of aromatic nitrogens is 2. The molecule has 1 fully saturated rings. The van der Waals surface area contributed by atoms with Crippen LogP contribution < -0.4 is 20.9 Å². The zero-order valence-corrected chi connectivity index (χ0v) is 16.7. The van der Waals surface area contributed by atoms with E-state index >= 15 is 0 Å². The number of halogens is 5. The summed E-state index contributed by atoms with van der Waals surface area (Å²) in [6.45, 7) is 1.47. The lowest BCUT2D eigenvalue weighted by Crippen LogP contribution is -2.45. The predicted molar refractivity (Wildman–Crippen MR) is 107 cm³/mol. The second-order valence-corrected chi connectivity index (χ2v) is 6.84. The molecule has 1 aliphatic heterocycles. The van der Waals surface area contributed by atoms with Gasteiger partial charge in [0.1, 0.15) is 23.0 Å². The SMILES string of the molecule is CN=C(NCCNc1nccc(C(F)(F)F)n1)NC1CCN(c2c(F)cccc2F)C1. The minimum absolute atomic E-state index is 0.0416. The van der Waals surface area contributed by atoms with E-state index < -0.39 is 23.5 Å². The highest BCUT2D eigenvalue weighted by molar-refractivity contribution is 5.80. The van der Waals surface area contributed by atoms with Gasteiger partial charge in [-0.15, -0.1) is 0 Å². The van der Waals surface area contributed by atoms with Crippen molar-refractivity contribution in [3.05, 3.63) is 47.8 Å². The molecular formula is C19H22F5N7. The lowest BCUT2D eigenvalue weighted by molar-refractivity contribution is -0.141. The lowest BCUT2D eigenvalue weighted by atomic mass is 10.2. The van der Waals surface area contributed by atoms with Crippen LogP contribution in [0, 0.1) is 11.6 Å². The number of alkyl halides is 3. The molecule has 1 aromatic heterocycles. The van der Waals surface area contributed by atoms with Crippen molar-refractivity contribution in [3.63, 3.8) is 0 Å². The molecule has 0 bridgehead atoms. The highest BCUT2D eigenvalue weighted by Gasteiger charge is 2.32. The van der Waals surface area contributed by atoms with Crippen molar-refractivity contribution >= 4 is 17.6 Å². The Morgan fingerprint density at radius 3 is 2.61 bits per heavy atom. The van der Waals surface area contributed by atoms with Crippen LogP contribution >= 0.6 is 0 Å². The summed E-state index contributed by atoms with van der Waals surface area (Å²) >= 11 is 0. The average Bonchev–Trinajstić information content (AvgIpc) is 3.17. The standard InChI is InChI=1S/C19H22F5N7/c1-25-17(27-8-9-28-18-26-7-5-15(30-18)19(22,23)24)29-12-6-10-31(11-12)16-13(20)3-2-4-14(16)21/h2-5,7,12H,6,8-11H2,1H3,(H2,25,27,29)(H,26,28,30). The first-order valence-electron chi connectivity index (χ1n) is 9.58. The van der Waals surface area contributed by atoms with Gasteiger partial charge in [0.15, 0.2) is 5.96 Å². The molecule has 1 saturated heterocycles. The van der Waals surface area contributed by atoms with E-state index in [1.54, 1.807) is 11.9 Å². The number of nitrogens with one attached hydrogen (secondary N) is 3. The fourth-order valence-corrected chi connectivity index (χ4v) is 3.22. The smallest absolute Gasteiger partial charge is 0.365 e. The van der Waals surface area contributed by atoms with Crippen molar-refractivity contribution in [3.8, 4) is 0 Å². The third-order valence-electron chi connectivity index (χ3n) is 4.65.